The molecule has 1 aromatic carbocycles. The van der Waals surface area contributed by atoms with Crippen LogP contribution in [0.5, 0.6) is 5.75 Å². The van der Waals surface area contributed by atoms with Crippen molar-refractivity contribution < 1.29 is 9.53 Å². The third-order valence-corrected chi connectivity index (χ3v) is 3.35. The first kappa shape index (κ1) is 25.5. The summed E-state index contributed by atoms with van der Waals surface area (Å²) in [4.78, 5) is 14.0. The lowest BCUT2D eigenvalue weighted by Crippen LogP contribution is -2.36. The zero-order chi connectivity index (χ0) is 16.7. The van der Waals surface area contributed by atoms with Gasteiger partial charge in [0, 0.05) is 12.2 Å². The fourth-order valence-electron chi connectivity index (χ4n) is 1.88. The van der Waals surface area contributed by atoms with Gasteiger partial charge in [-0.2, -0.15) is 0 Å². The van der Waals surface area contributed by atoms with Gasteiger partial charge in [-0.1, -0.05) is 25.4 Å². The highest BCUT2D eigenvalue weighted by atomic mass is 35.5. The Balaban J connectivity index is 0. The van der Waals surface area contributed by atoms with Crippen molar-refractivity contribution in [2.24, 2.45) is 11.7 Å². The molecule has 1 atom stereocenters. The van der Waals surface area contributed by atoms with Gasteiger partial charge in [0.25, 0.3) is 0 Å². The third kappa shape index (κ3) is 9.55. The smallest absolute Gasteiger partial charge is 0.241 e. The van der Waals surface area contributed by atoms with Gasteiger partial charge in [0.05, 0.1) is 11.1 Å². The Morgan fingerprint density at radius 1 is 1.33 bits per heavy atom. The second-order valence-electron chi connectivity index (χ2n) is 6.02. The highest BCUT2D eigenvalue weighted by molar-refractivity contribution is 6.32. The number of carbonyl (C=O) groups is 1. The molecule has 0 aliphatic heterocycles. The minimum Gasteiger partial charge on any atom is -0.491 e. The molecule has 140 valence electrons. The van der Waals surface area contributed by atoms with Gasteiger partial charge in [0.2, 0.25) is 5.91 Å². The Labute approximate surface area is 162 Å². The highest BCUT2D eigenvalue weighted by Gasteiger charge is 2.15. The molecular formula is C16H28Cl3N3O2. The summed E-state index contributed by atoms with van der Waals surface area (Å²) in [7, 11) is 3.95. The number of ether oxygens (including phenoxy) is 1. The van der Waals surface area contributed by atoms with E-state index in [1.807, 2.05) is 32.8 Å². The summed E-state index contributed by atoms with van der Waals surface area (Å²) >= 11 is 6.17. The normalized spacial score (nSPS) is 11.5. The van der Waals surface area contributed by atoms with Gasteiger partial charge in [-0.25, -0.2) is 0 Å². The number of halogens is 3. The molecule has 5 nitrogen and oxygen atoms in total. The standard InChI is InChI=1S/C16H26ClN3O2.2ClH/c1-11(2)9-14(18)16(21)19-12-5-6-15(13(17)10-12)22-8-7-20(3)4;;/h5-6,10-11,14H,7-9,18H2,1-4H3,(H,19,21);2*1H/t14-;;/m0../s1. The van der Waals surface area contributed by atoms with E-state index in [9.17, 15) is 4.79 Å². The van der Waals surface area contributed by atoms with Crippen molar-refractivity contribution >= 4 is 48.0 Å². The van der Waals surface area contributed by atoms with Gasteiger partial charge < -0.3 is 20.7 Å². The number of hydrogen-bond donors (Lipinski definition) is 2. The van der Waals surface area contributed by atoms with Crippen molar-refractivity contribution in [1.82, 2.24) is 4.90 Å². The summed E-state index contributed by atoms with van der Waals surface area (Å²) in [6, 6.07) is 4.67. The van der Waals surface area contributed by atoms with E-state index < -0.39 is 6.04 Å². The molecule has 0 bridgehead atoms. The number of hydrogen-bond acceptors (Lipinski definition) is 4. The molecule has 0 saturated carbocycles. The van der Waals surface area contributed by atoms with Crippen LogP contribution in [0.4, 0.5) is 5.69 Å². The number of carbonyl (C=O) groups excluding carboxylic acids is 1. The van der Waals surface area contributed by atoms with Crippen molar-refractivity contribution in [3.63, 3.8) is 0 Å². The van der Waals surface area contributed by atoms with Crippen LogP contribution >= 0.6 is 36.4 Å². The third-order valence-electron chi connectivity index (χ3n) is 3.06. The monoisotopic (exact) mass is 399 g/mol. The van der Waals surface area contributed by atoms with Crippen molar-refractivity contribution in [3.8, 4) is 5.75 Å². The summed E-state index contributed by atoms with van der Waals surface area (Å²) in [5, 5.41) is 3.24. The van der Waals surface area contributed by atoms with Crippen LogP contribution in [0.3, 0.4) is 0 Å². The molecule has 0 aromatic heterocycles. The fraction of sp³-hybridized carbons (Fsp3) is 0.562. The van der Waals surface area contributed by atoms with Crippen molar-refractivity contribution in [1.29, 1.82) is 0 Å². The van der Waals surface area contributed by atoms with Crippen molar-refractivity contribution in [3.05, 3.63) is 23.2 Å². The van der Waals surface area contributed by atoms with Crippen LogP contribution in [0.1, 0.15) is 20.3 Å². The Morgan fingerprint density at radius 2 is 1.96 bits per heavy atom. The first-order valence-corrected chi connectivity index (χ1v) is 7.81. The zero-order valence-corrected chi connectivity index (χ0v) is 16.9. The Kier molecular flexibility index (Phi) is 13.4. The number of nitrogens with one attached hydrogen (secondary N) is 1. The largest absolute Gasteiger partial charge is 0.491 e. The van der Waals surface area contributed by atoms with E-state index in [-0.39, 0.29) is 30.7 Å². The van der Waals surface area contributed by atoms with Crippen LogP contribution in [0.25, 0.3) is 0 Å². The molecule has 1 aromatic rings. The quantitative estimate of drug-likeness (QED) is 0.701. The molecule has 0 radical (unpaired) electrons. The second kappa shape index (κ2) is 12.6. The lowest BCUT2D eigenvalue weighted by molar-refractivity contribution is -0.117. The van der Waals surface area contributed by atoms with Crippen LogP contribution in [0.2, 0.25) is 5.02 Å². The number of rotatable bonds is 8. The Hall–Kier alpha value is -0.720. The van der Waals surface area contributed by atoms with Gasteiger partial charge >= 0.3 is 0 Å². The Morgan fingerprint density at radius 3 is 2.46 bits per heavy atom. The molecule has 0 aliphatic rings. The summed E-state index contributed by atoms with van der Waals surface area (Å²) in [6.45, 7) is 5.42. The molecule has 0 heterocycles. The van der Waals surface area contributed by atoms with E-state index >= 15 is 0 Å². The van der Waals surface area contributed by atoms with Crippen LogP contribution in [-0.4, -0.2) is 44.1 Å². The van der Waals surface area contributed by atoms with Crippen LogP contribution in [-0.2, 0) is 4.79 Å². The lowest BCUT2D eigenvalue weighted by atomic mass is 10.0. The summed E-state index contributed by atoms with van der Waals surface area (Å²) < 4.78 is 5.60. The molecule has 0 aliphatic carbocycles. The number of likely N-dealkylation sites (N-methyl/N-ethyl adjacent to an activating group) is 1. The van der Waals surface area contributed by atoms with Gasteiger partial charge in [-0.15, -0.1) is 24.8 Å². The molecule has 0 unspecified atom stereocenters. The predicted molar refractivity (Wildman–Crippen MR) is 106 cm³/mol. The highest BCUT2D eigenvalue weighted by Crippen LogP contribution is 2.27. The predicted octanol–water partition coefficient (Wildman–Crippen LogP) is 3.44. The molecular weight excluding hydrogens is 373 g/mol. The minimum absolute atomic E-state index is 0. The van der Waals surface area contributed by atoms with E-state index in [4.69, 9.17) is 22.1 Å². The van der Waals surface area contributed by atoms with E-state index in [0.29, 0.717) is 35.4 Å². The summed E-state index contributed by atoms with van der Waals surface area (Å²) in [5.74, 6) is 0.774. The number of benzene rings is 1. The number of nitrogens with zero attached hydrogens (tertiary/aromatic N) is 1. The molecule has 3 N–H and O–H groups in total. The van der Waals surface area contributed by atoms with E-state index in [1.165, 1.54) is 0 Å². The van der Waals surface area contributed by atoms with Gasteiger partial charge in [0.15, 0.2) is 0 Å². The molecule has 1 rings (SSSR count). The van der Waals surface area contributed by atoms with Gasteiger partial charge in [-0.05, 0) is 44.6 Å². The number of amides is 1. The van der Waals surface area contributed by atoms with Gasteiger partial charge in [-0.3, -0.25) is 4.79 Å². The molecule has 0 fully saturated rings. The van der Waals surface area contributed by atoms with Crippen LogP contribution in [0.15, 0.2) is 18.2 Å². The lowest BCUT2D eigenvalue weighted by Gasteiger charge is -2.15. The summed E-state index contributed by atoms with van der Waals surface area (Å²) in [5.41, 5.74) is 6.47. The SMILES string of the molecule is CC(C)C[C@H](N)C(=O)Nc1ccc(OCCN(C)C)c(Cl)c1.Cl.Cl. The molecule has 8 heteroatoms. The van der Waals surface area contributed by atoms with Gasteiger partial charge in [0.1, 0.15) is 12.4 Å². The maximum absolute atomic E-state index is 12.0. The van der Waals surface area contributed by atoms with Crippen molar-refractivity contribution in [2.45, 2.75) is 26.3 Å². The summed E-state index contributed by atoms with van der Waals surface area (Å²) in [6.07, 6.45) is 0.644. The van der Waals surface area contributed by atoms with E-state index in [1.54, 1.807) is 18.2 Å². The average Bonchev–Trinajstić information content (AvgIpc) is 2.40. The maximum Gasteiger partial charge on any atom is 0.241 e. The molecule has 0 spiro atoms. The number of anilines is 1. The number of nitrogens with two attached hydrogens (primary N) is 1. The molecule has 0 saturated heterocycles. The molecule has 1 amide bonds. The maximum atomic E-state index is 12.0. The first-order chi connectivity index (χ1) is 10.3. The van der Waals surface area contributed by atoms with Crippen LogP contribution in [0, 0.1) is 5.92 Å². The van der Waals surface area contributed by atoms with E-state index in [0.717, 1.165) is 6.54 Å². The van der Waals surface area contributed by atoms with Crippen molar-refractivity contribution in [2.75, 3.05) is 32.6 Å². The fourth-order valence-corrected chi connectivity index (χ4v) is 2.12. The topological polar surface area (TPSA) is 67.6 Å². The Bertz CT molecular complexity index is 499. The zero-order valence-electron chi connectivity index (χ0n) is 14.5. The average molecular weight is 401 g/mol. The minimum atomic E-state index is -0.519. The second-order valence-corrected chi connectivity index (χ2v) is 6.43. The first-order valence-electron chi connectivity index (χ1n) is 7.43. The molecule has 24 heavy (non-hydrogen) atoms. The van der Waals surface area contributed by atoms with Crippen LogP contribution < -0.4 is 15.8 Å². The van der Waals surface area contributed by atoms with E-state index in [2.05, 4.69) is 5.32 Å².